The van der Waals surface area contributed by atoms with Gasteiger partial charge >= 0.3 is 0 Å². The molecule has 3 aromatic rings. The zero-order valence-electron chi connectivity index (χ0n) is 21.8. The molecule has 1 aliphatic rings. The normalized spacial score (nSPS) is 17.5. The second-order valence-electron chi connectivity index (χ2n) is 9.59. The minimum atomic E-state index is -0.747. The molecule has 0 aromatic heterocycles. The minimum absolute atomic E-state index is 0. The van der Waals surface area contributed by atoms with Crippen LogP contribution in [0, 0.1) is 5.82 Å². The molecule has 1 heterocycles. The number of nitrogens with one attached hydrogen (secondary N) is 1. The number of hydrogen-bond acceptors (Lipinski definition) is 5. The number of likely N-dealkylation sites (N-methyl/N-ethyl adjacent to an activating group) is 1. The smallest absolute Gasteiger partial charge is 0.240 e. The van der Waals surface area contributed by atoms with Gasteiger partial charge in [-0.2, -0.15) is 0 Å². The summed E-state index contributed by atoms with van der Waals surface area (Å²) >= 11 is 0. The van der Waals surface area contributed by atoms with Crippen molar-refractivity contribution in [2.45, 2.75) is 31.0 Å². The number of carbonyl (C=O) groups excluding carboxylic acids is 2. The van der Waals surface area contributed by atoms with Gasteiger partial charge in [0.2, 0.25) is 11.8 Å². The Morgan fingerprint density at radius 3 is 2.39 bits per heavy atom. The highest BCUT2D eigenvalue weighted by Crippen LogP contribution is 2.21. The Morgan fingerprint density at radius 2 is 1.71 bits per heavy atom. The van der Waals surface area contributed by atoms with Crippen LogP contribution in [0.4, 0.5) is 4.39 Å². The lowest BCUT2D eigenvalue weighted by Gasteiger charge is -2.44. The van der Waals surface area contributed by atoms with Gasteiger partial charge in [-0.05, 0) is 46.9 Å². The van der Waals surface area contributed by atoms with Crippen molar-refractivity contribution in [2.24, 2.45) is 5.73 Å². The largest absolute Gasteiger partial charge is 0.382 e. The van der Waals surface area contributed by atoms with Gasteiger partial charge in [-0.25, -0.2) is 4.39 Å². The summed E-state index contributed by atoms with van der Waals surface area (Å²) in [6, 6.07) is 19.1. The molecule has 4 rings (SSSR count). The average Bonchev–Trinajstić information content (AvgIpc) is 2.92. The quantitative estimate of drug-likeness (QED) is 0.434. The van der Waals surface area contributed by atoms with E-state index >= 15 is 0 Å². The Morgan fingerprint density at radius 1 is 1.03 bits per heavy atom. The number of nitrogens with two attached hydrogens (primary N) is 1. The van der Waals surface area contributed by atoms with Crippen LogP contribution >= 0.6 is 12.4 Å². The molecule has 0 radical (unpaired) electrons. The number of ether oxygens (including phenoxy) is 1. The summed E-state index contributed by atoms with van der Waals surface area (Å²) in [7, 11) is 3.25. The van der Waals surface area contributed by atoms with Crippen molar-refractivity contribution in [1.82, 2.24) is 15.1 Å². The third-order valence-corrected chi connectivity index (χ3v) is 7.08. The first-order chi connectivity index (χ1) is 17.9. The van der Waals surface area contributed by atoms with Crippen LogP contribution in [-0.4, -0.2) is 80.1 Å². The molecule has 1 fully saturated rings. The molecule has 0 saturated carbocycles. The molecule has 7 nitrogen and oxygen atoms in total. The SMILES string of the molecule is CNC(=O)C(Cc1ccc2ccccc2c1)N1CCN(C(=O)C(N)Cc2ccc(F)cc2)C(COC)C1.Cl. The Hall–Kier alpha value is -3.04. The first kappa shape index (κ1) is 29.5. The summed E-state index contributed by atoms with van der Waals surface area (Å²) < 4.78 is 18.7. The molecule has 1 saturated heterocycles. The van der Waals surface area contributed by atoms with Crippen molar-refractivity contribution in [3.8, 4) is 0 Å². The standard InChI is InChI=1S/C29H35FN4O3.ClH/c1-32-28(35)27(17-21-7-10-22-5-3-4-6-23(22)15-21)33-13-14-34(25(18-33)19-37-2)29(36)26(31)16-20-8-11-24(30)12-9-20;/h3-12,15,25-27H,13-14,16-19,31H2,1-2H3,(H,32,35);1H. The summed E-state index contributed by atoms with van der Waals surface area (Å²) in [5, 5.41) is 5.11. The van der Waals surface area contributed by atoms with Gasteiger partial charge in [0, 0.05) is 33.8 Å². The average molecular weight is 543 g/mol. The Kier molecular flexibility index (Phi) is 10.6. The number of benzene rings is 3. The second kappa shape index (κ2) is 13.7. The summed E-state index contributed by atoms with van der Waals surface area (Å²) in [6.07, 6.45) is 0.879. The molecule has 38 heavy (non-hydrogen) atoms. The van der Waals surface area contributed by atoms with E-state index in [1.807, 2.05) is 12.1 Å². The van der Waals surface area contributed by atoms with Crippen LogP contribution in [0.3, 0.4) is 0 Å². The van der Waals surface area contributed by atoms with Crippen LogP contribution < -0.4 is 11.1 Å². The van der Waals surface area contributed by atoms with Gasteiger partial charge in [0.05, 0.1) is 24.7 Å². The van der Waals surface area contributed by atoms with Gasteiger partial charge < -0.3 is 20.7 Å². The van der Waals surface area contributed by atoms with Crippen molar-refractivity contribution in [3.63, 3.8) is 0 Å². The molecule has 0 bridgehead atoms. The molecule has 3 N–H and O–H groups in total. The number of fused-ring (bicyclic) bond motifs is 1. The molecule has 3 atom stereocenters. The molecular weight excluding hydrogens is 507 g/mol. The number of nitrogens with zero attached hydrogens (tertiary/aromatic N) is 2. The van der Waals surface area contributed by atoms with Gasteiger partial charge in [-0.15, -0.1) is 12.4 Å². The van der Waals surface area contributed by atoms with Gasteiger partial charge in [-0.1, -0.05) is 54.6 Å². The predicted octanol–water partition coefficient (Wildman–Crippen LogP) is 2.79. The number of rotatable bonds is 9. The Labute approximate surface area is 229 Å². The van der Waals surface area contributed by atoms with E-state index < -0.39 is 6.04 Å². The molecule has 0 aliphatic carbocycles. The molecule has 1 aliphatic heterocycles. The van der Waals surface area contributed by atoms with Crippen molar-refractivity contribution in [2.75, 3.05) is 40.4 Å². The fourth-order valence-electron chi connectivity index (χ4n) is 5.11. The molecule has 204 valence electrons. The van der Waals surface area contributed by atoms with Crippen LogP contribution in [0.2, 0.25) is 0 Å². The summed E-state index contributed by atoms with van der Waals surface area (Å²) in [5.41, 5.74) is 8.17. The summed E-state index contributed by atoms with van der Waals surface area (Å²) in [5.74, 6) is -0.552. The van der Waals surface area contributed by atoms with Crippen LogP contribution in [0.1, 0.15) is 11.1 Å². The lowest BCUT2D eigenvalue weighted by atomic mass is 9.98. The lowest BCUT2D eigenvalue weighted by molar-refractivity contribution is -0.141. The predicted molar refractivity (Wildman–Crippen MR) is 150 cm³/mol. The summed E-state index contributed by atoms with van der Waals surface area (Å²) in [6.45, 7) is 1.81. The third kappa shape index (κ3) is 7.08. The van der Waals surface area contributed by atoms with Gasteiger partial charge in [0.15, 0.2) is 0 Å². The number of carbonyl (C=O) groups is 2. The molecular formula is C29H36ClFN4O3. The number of amides is 2. The van der Waals surface area contributed by atoms with E-state index in [-0.39, 0.29) is 42.1 Å². The van der Waals surface area contributed by atoms with E-state index in [9.17, 15) is 14.0 Å². The van der Waals surface area contributed by atoms with E-state index in [1.165, 1.54) is 12.1 Å². The van der Waals surface area contributed by atoms with Crippen LogP contribution in [0.15, 0.2) is 66.7 Å². The Balaban J connectivity index is 0.00000400. The highest BCUT2D eigenvalue weighted by Gasteiger charge is 2.37. The second-order valence-corrected chi connectivity index (χ2v) is 9.59. The van der Waals surface area contributed by atoms with E-state index in [0.717, 1.165) is 21.9 Å². The fraction of sp³-hybridized carbons (Fsp3) is 0.379. The topological polar surface area (TPSA) is 87.9 Å². The number of hydrogen-bond donors (Lipinski definition) is 2. The van der Waals surface area contributed by atoms with Gasteiger partial charge in [0.25, 0.3) is 0 Å². The highest BCUT2D eigenvalue weighted by molar-refractivity contribution is 5.86. The maximum Gasteiger partial charge on any atom is 0.240 e. The van der Waals surface area contributed by atoms with E-state index in [1.54, 1.807) is 31.2 Å². The van der Waals surface area contributed by atoms with Crippen molar-refractivity contribution >= 4 is 35.0 Å². The van der Waals surface area contributed by atoms with Gasteiger partial charge in [0.1, 0.15) is 5.82 Å². The van der Waals surface area contributed by atoms with E-state index in [2.05, 4.69) is 40.5 Å². The monoisotopic (exact) mass is 542 g/mol. The van der Waals surface area contributed by atoms with Crippen LogP contribution in [-0.2, 0) is 27.2 Å². The van der Waals surface area contributed by atoms with Crippen molar-refractivity contribution in [3.05, 3.63) is 83.7 Å². The molecule has 3 unspecified atom stereocenters. The maximum absolute atomic E-state index is 13.3. The first-order valence-electron chi connectivity index (χ1n) is 12.6. The number of piperazine rings is 1. The van der Waals surface area contributed by atoms with Crippen molar-refractivity contribution in [1.29, 1.82) is 0 Å². The van der Waals surface area contributed by atoms with Crippen molar-refractivity contribution < 1.29 is 18.7 Å². The zero-order chi connectivity index (χ0) is 26.4. The van der Waals surface area contributed by atoms with E-state index in [0.29, 0.717) is 39.1 Å². The number of halogens is 2. The molecule has 3 aromatic carbocycles. The zero-order valence-corrected chi connectivity index (χ0v) is 22.6. The van der Waals surface area contributed by atoms with Gasteiger partial charge in [-0.3, -0.25) is 14.5 Å². The molecule has 9 heteroatoms. The number of methoxy groups -OCH3 is 1. The maximum atomic E-state index is 13.3. The van der Waals surface area contributed by atoms with Crippen LogP contribution in [0.25, 0.3) is 10.8 Å². The fourth-order valence-corrected chi connectivity index (χ4v) is 5.11. The molecule has 0 spiro atoms. The van der Waals surface area contributed by atoms with E-state index in [4.69, 9.17) is 10.5 Å². The first-order valence-corrected chi connectivity index (χ1v) is 12.6. The third-order valence-electron chi connectivity index (χ3n) is 7.08. The van der Waals surface area contributed by atoms with Crippen LogP contribution in [0.5, 0.6) is 0 Å². The molecule has 2 amide bonds. The Bertz CT molecular complexity index is 1230. The lowest BCUT2D eigenvalue weighted by Crippen LogP contribution is -2.63. The highest BCUT2D eigenvalue weighted by atomic mass is 35.5. The minimum Gasteiger partial charge on any atom is -0.382 e. The summed E-state index contributed by atoms with van der Waals surface area (Å²) in [4.78, 5) is 30.2.